The lowest BCUT2D eigenvalue weighted by Gasteiger charge is -2.10. The average Bonchev–Trinajstić information content (AvgIpc) is 2.46. The van der Waals surface area contributed by atoms with Gasteiger partial charge in [-0.3, -0.25) is 4.79 Å². The second-order valence-corrected chi connectivity index (χ2v) is 4.25. The van der Waals surface area contributed by atoms with Crippen LogP contribution in [0.2, 0.25) is 0 Å². The van der Waals surface area contributed by atoms with Crippen molar-refractivity contribution in [2.24, 2.45) is 0 Å². The molecule has 0 spiro atoms. The van der Waals surface area contributed by atoms with Crippen molar-refractivity contribution in [2.75, 3.05) is 11.9 Å². The van der Waals surface area contributed by atoms with Crippen LogP contribution in [0.15, 0.2) is 54.6 Å². The molecule has 6 heteroatoms. The maximum atomic E-state index is 12.0. The Morgan fingerprint density at radius 1 is 1.00 bits per heavy atom. The van der Waals surface area contributed by atoms with Crippen LogP contribution in [0, 0.1) is 0 Å². The lowest BCUT2D eigenvalue weighted by molar-refractivity contribution is -0.153. The van der Waals surface area contributed by atoms with Crippen LogP contribution in [0.25, 0.3) is 0 Å². The molecule has 0 saturated carbocycles. The van der Waals surface area contributed by atoms with E-state index in [0.717, 1.165) is 0 Å². The summed E-state index contributed by atoms with van der Waals surface area (Å²) in [4.78, 5) is 11.9. The summed E-state index contributed by atoms with van der Waals surface area (Å²) in [5.41, 5.74) is 0.970. The Labute approximate surface area is 119 Å². The van der Waals surface area contributed by atoms with Gasteiger partial charge in [0.2, 0.25) is 0 Å². The summed E-state index contributed by atoms with van der Waals surface area (Å²) in [6.07, 6.45) is -4.37. The molecule has 0 aromatic heterocycles. The highest BCUT2D eigenvalue weighted by molar-refractivity contribution is 6.04. The molecular weight excluding hydrogens is 283 g/mol. The Morgan fingerprint density at radius 2 is 1.62 bits per heavy atom. The highest BCUT2D eigenvalue weighted by Gasteiger charge is 2.28. The molecule has 1 N–H and O–H groups in total. The molecule has 2 rings (SSSR count). The summed E-state index contributed by atoms with van der Waals surface area (Å²) in [6, 6.07) is 14.3. The van der Waals surface area contributed by atoms with Crippen LogP contribution in [0.3, 0.4) is 0 Å². The zero-order valence-electron chi connectivity index (χ0n) is 10.9. The molecule has 0 aliphatic rings. The second-order valence-electron chi connectivity index (χ2n) is 4.25. The number of hydrogen-bond donors (Lipinski definition) is 1. The molecule has 2 aromatic rings. The molecule has 0 bridgehead atoms. The van der Waals surface area contributed by atoms with Gasteiger partial charge in [-0.05, 0) is 36.4 Å². The van der Waals surface area contributed by atoms with E-state index in [2.05, 4.69) is 10.1 Å². The summed E-state index contributed by atoms with van der Waals surface area (Å²) in [5.74, 6) is -0.204. The van der Waals surface area contributed by atoms with Crippen molar-refractivity contribution in [3.63, 3.8) is 0 Å². The quantitative estimate of drug-likeness (QED) is 0.929. The first kappa shape index (κ1) is 14.9. The standard InChI is InChI=1S/C15H12F3NO2/c16-15(17,18)10-21-13-8-6-12(7-9-13)19-14(20)11-4-2-1-3-5-11/h1-9H,10H2,(H,19,20). The number of carbonyl (C=O) groups is 1. The number of benzene rings is 2. The number of ether oxygens (including phenoxy) is 1. The molecule has 0 unspecified atom stereocenters. The number of nitrogens with one attached hydrogen (secondary N) is 1. The summed E-state index contributed by atoms with van der Waals surface area (Å²) in [5, 5.41) is 2.64. The van der Waals surface area contributed by atoms with Gasteiger partial charge in [0.1, 0.15) is 5.75 Å². The Morgan fingerprint density at radius 3 is 2.19 bits per heavy atom. The number of anilines is 1. The van der Waals surface area contributed by atoms with Gasteiger partial charge in [-0.15, -0.1) is 0 Å². The lowest BCUT2D eigenvalue weighted by atomic mass is 10.2. The van der Waals surface area contributed by atoms with Gasteiger partial charge < -0.3 is 10.1 Å². The minimum Gasteiger partial charge on any atom is -0.484 e. The van der Waals surface area contributed by atoms with Crippen molar-refractivity contribution in [3.8, 4) is 5.75 Å². The number of halogens is 3. The van der Waals surface area contributed by atoms with Gasteiger partial charge in [-0.1, -0.05) is 18.2 Å². The number of rotatable bonds is 4. The van der Waals surface area contributed by atoms with E-state index in [4.69, 9.17) is 0 Å². The largest absolute Gasteiger partial charge is 0.484 e. The zero-order chi connectivity index (χ0) is 15.3. The van der Waals surface area contributed by atoms with Gasteiger partial charge in [0, 0.05) is 11.3 Å². The van der Waals surface area contributed by atoms with Gasteiger partial charge in [-0.25, -0.2) is 0 Å². The summed E-state index contributed by atoms with van der Waals surface area (Å²) < 4.78 is 40.6. The van der Waals surface area contributed by atoms with Crippen molar-refractivity contribution in [2.45, 2.75) is 6.18 Å². The van der Waals surface area contributed by atoms with E-state index in [-0.39, 0.29) is 11.7 Å². The number of carbonyl (C=O) groups excluding carboxylic acids is 1. The van der Waals surface area contributed by atoms with Crippen LogP contribution >= 0.6 is 0 Å². The first-order valence-electron chi connectivity index (χ1n) is 6.10. The maximum absolute atomic E-state index is 12.0. The van der Waals surface area contributed by atoms with Gasteiger partial charge in [0.25, 0.3) is 5.91 Å². The molecule has 0 atom stereocenters. The smallest absolute Gasteiger partial charge is 0.422 e. The van der Waals surface area contributed by atoms with Crippen LogP contribution in [0.5, 0.6) is 5.75 Å². The molecule has 0 aliphatic heterocycles. The van der Waals surface area contributed by atoms with Gasteiger partial charge >= 0.3 is 6.18 Å². The van der Waals surface area contributed by atoms with Gasteiger partial charge in [0.05, 0.1) is 0 Å². The molecule has 3 nitrogen and oxygen atoms in total. The topological polar surface area (TPSA) is 38.3 Å². The van der Waals surface area contributed by atoms with E-state index < -0.39 is 12.8 Å². The normalized spacial score (nSPS) is 11.0. The molecule has 0 saturated heterocycles. The fourth-order valence-corrected chi connectivity index (χ4v) is 1.59. The number of amides is 1. The van der Waals surface area contributed by atoms with Crippen LogP contribution in [0.4, 0.5) is 18.9 Å². The molecule has 1 amide bonds. The van der Waals surface area contributed by atoms with E-state index in [9.17, 15) is 18.0 Å². The van der Waals surface area contributed by atoms with E-state index >= 15 is 0 Å². The van der Waals surface area contributed by atoms with Crippen LogP contribution in [-0.2, 0) is 0 Å². The first-order valence-corrected chi connectivity index (χ1v) is 6.10. The molecule has 2 aromatic carbocycles. The summed E-state index contributed by atoms with van der Waals surface area (Å²) >= 11 is 0. The van der Waals surface area contributed by atoms with Gasteiger partial charge in [0.15, 0.2) is 6.61 Å². The molecule has 0 fully saturated rings. The van der Waals surface area contributed by atoms with Crippen LogP contribution < -0.4 is 10.1 Å². The summed E-state index contributed by atoms with van der Waals surface area (Å²) in [6.45, 7) is -1.34. The van der Waals surface area contributed by atoms with Crippen LogP contribution in [0.1, 0.15) is 10.4 Å². The molecular formula is C15H12F3NO2. The van der Waals surface area contributed by atoms with Gasteiger partial charge in [-0.2, -0.15) is 13.2 Å². The van der Waals surface area contributed by atoms with Crippen molar-refractivity contribution >= 4 is 11.6 Å². The third kappa shape index (κ3) is 4.83. The van der Waals surface area contributed by atoms with E-state index in [1.165, 1.54) is 24.3 Å². The molecule has 110 valence electrons. The SMILES string of the molecule is O=C(Nc1ccc(OCC(F)(F)F)cc1)c1ccccc1. The predicted molar refractivity (Wildman–Crippen MR) is 72.4 cm³/mol. The first-order chi connectivity index (χ1) is 9.94. The van der Waals surface area contributed by atoms with Crippen molar-refractivity contribution in [1.82, 2.24) is 0 Å². The van der Waals surface area contributed by atoms with E-state index in [0.29, 0.717) is 11.3 Å². The Hall–Kier alpha value is -2.50. The monoisotopic (exact) mass is 295 g/mol. The lowest BCUT2D eigenvalue weighted by Crippen LogP contribution is -2.19. The minimum absolute atomic E-state index is 0.0880. The number of hydrogen-bond acceptors (Lipinski definition) is 2. The Kier molecular flexibility index (Phi) is 4.47. The number of alkyl halides is 3. The minimum atomic E-state index is -4.37. The third-order valence-corrected chi connectivity index (χ3v) is 2.55. The van der Waals surface area contributed by atoms with E-state index in [1.54, 1.807) is 30.3 Å². The molecule has 21 heavy (non-hydrogen) atoms. The molecule has 0 radical (unpaired) electrons. The summed E-state index contributed by atoms with van der Waals surface area (Å²) in [7, 11) is 0. The third-order valence-electron chi connectivity index (χ3n) is 2.55. The van der Waals surface area contributed by atoms with E-state index in [1.807, 2.05) is 0 Å². The Bertz CT molecular complexity index is 595. The Balaban J connectivity index is 1.95. The van der Waals surface area contributed by atoms with Crippen molar-refractivity contribution < 1.29 is 22.7 Å². The maximum Gasteiger partial charge on any atom is 0.422 e. The zero-order valence-corrected chi connectivity index (χ0v) is 10.9. The fourth-order valence-electron chi connectivity index (χ4n) is 1.59. The highest BCUT2D eigenvalue weighted by Crippen LogP contribution is 2.20. The molecule has 0 heterocycles. The van der Waals surface area contributed by atoms with Crippen molar-refractivity contribution in [1.29, 1.82) is 0 Å². The highest BCUT2D eigenvalue weighted by atomic mass is 19.4. The molecule has 0 aliphatic carbocycles. The van der Waals surface area contributed by atoms with Crippen LogP contribution in [-0.4, -0.2) is 18.7 Å². The second kappa shape index (κ2) is 6.30. The predicted octanol–water partition coefficient (Wildman–Crippen LogP) is 3.88. The average molecular weight is 295 g/mol. The fraction of sp³-hybridized carbons (Fsp3) is 0.133. The van der Waals surface area contributed by atoms with Crippen molar-refractivity contribution in [3.05, 3.63) is 60.2 Å².